The van der Waals surface area contributed by atoms with Gasteiger partial charge in [0.25, 0.3) is 0 Å². The molecule has 112 valence electrons. The minimum atomic E-state index is -3.49. The molecule has 0 radical (unpaired) electrons. The Morgan fingerprint density at radius 2 is 1.76 bits per heavy atom. The van der Waals surface area contributed by atoms with Gasteiger partial charge in [-0.05, 0) is 48.7 Å². The van der Waals surface area contributed by atoms with Crippen LogP contribution < -0.4 is 0 Å². The summed E-state index contributed by atoms with van der Waals surface area (Å²) in [5.74, 6) is 0. The first kappa shape index (κ1) is 15.7. The third-order valence-electron chi connectivity index (χ3n) is 3.42. The fourth-order valence-electron chi connectivity index (χ4n) is 2.18. The number of benzene rings is 1. The molecule has 0 atom stereocenters. The van der Waals surface area contributed by atoms with Gasteiger partial charge in [-0.3, -0.25) is 4.98 Å². The van der Waals surface area contributed by atoms with Crippen LogP contribution >= 0.6 is 0 Å². The van der Waals surface area contributed by atoms with Crippen LogP contribution in [0.5, 0.6) is 0 Å². The molecule has 0 spiro atoms. The molecule has 0 saturated carbocycles. The predicted molar refractivity (Wildman–Crippen MR) is 83.4 cm³/mol. The van der Waals surface area contributed by atoms with Gasteiger partial charge in [-0.15, -0.1) is 0 Å². The zero-order valence-electron chi connectivity index (χ0n) is 12.6. The molecule has 5 heteroatoms. The second kappa shape index (κ2) is 6.37. The number of hydrogen-bond acceptors (Lipinski definition) is 3. The van der Waals surface area contributed by atoms with Crippen molar-refractivity contribution in [1.29, 1.82) is 0 Å². The van der Waals surface area contributed by atoms with Gasteiger partial charge in [0.1, 0.15) is 0 Å². The van der Waals surface area contributed by atoms with Crippen molar-refractivity contribution in [3.63, 3.8) is 0 Å². The topological polar surface area (TPSA) is 50.3 Å². The largest absolute Gasteiger partial charge is 0.265 e. The van der Waals surface area contributed by atoms with Crippen LogP contribution in [0.25, 0.3) is 0 Å². The highest BCUT2D eigenvalue weighted by Gasteiger charge is 2.25. The maximum absolute atomic E-state index is 12.9. The highest BCUT2D eigenvalue weighted by atomic mass is 32.2. The van der Waals surface area contributed by atoms with Crippen LogP contribution in [0.1, 0.15) is 23.6 Å². The summed E-state index contributed by atoms with van der Waals surface area (Å²) in [7, 11) is -3.49. The van der Waals surface area contributed by atoms with E-state index in [-0.39, 0.29) is 0 Å². The number of hydrogen-bond donors (Lipinski definition) is 0. The number of aromatic nitrogens is 1. The number of aryl methyl sites for hydroxylation is 2. The molecule has 0 unspecified atom stereocenters. The third kappa shape index (κ3) is 3.49. The Balaban J connectivity index is 2.38. The average molecular weight is 304 g/mol. The summed E-state index contributed by atoms with van der Waals surface area (Å²) in [5.41, 5.74) is 2.65. The van der Waals surface area contributed by atoms with E-state index in [4.69, 9.17) is 0 Å². The molecule has 2 rings (SSSR count). The van der Waals surface area contributed by atoms with E-state index in [1.165, 1.54) is 4.31 Å². The highest BCUT2D eigenvalue weighted by Crippen LogP contribution is 2.22. The zero-order valence-corrected chi connectivity index (χ0v) is 13.4. The first-order valence-electron chi connectivity index (χ1n) is 6.91. The summed E-state index contributed by atoms with van der Waals surface area (Å²) in [4.78, 5) is 4.34. The van der Waals surface area contributed by atoms with Crippen molar-refractivity contribution >= 4 is 10.0 Å². The molecule has 0 aliphatic heterocycles. The van der Waals surface area contributed by atoms with Crippen LogP contribution in [0.4, 0.5) is 0 Å². The molecule has 0 fully saturated rings. The summed E-state index contributed by atoms with van der Waals surface area (Å²) in [6, 6.07) is 9.18. The second-order valence-corrected chi connectivity index (χ2v) is 6.96. The Kier molecular flexibility index (Phi) is 4.75. The molecule has 1 heterocycles. The standard InChI is InChI=1S/C16H20N2O2S/c1-4-18(12-15-7-9-17-10-8-15)21(19,20)16-11-13(2)5-6-14(16)3/h5-11H,4,12H2,1-3H3. The lowest BCUT2D eigenvalue weighted by molar-refractivity contribution is 0.423. The maximum atomic E-state index is 12.9. The third-order valence-corrected chi connectivity index (χ3v) is 5.49. The molecular formula is C16H20N2O2S. The van der Waals surface area contributed by atoms with E-state index in [1.807, 2.05) is 45.0 Å². The van der Waals surface area contributed by atoms with E-state index in [2.05, 4.69) is 4.98 Å². The lowest BCUT2D eigenvalue weighted by atomic mass is 10.2. The van der Waals surface area contributed by atoms with Crippen LogP contribution in [-0.2, 0) is 16.6 Å². The zero-order chi connectivity index (χ0) is 15.5. The molecule has 2 aromatic rings. The molecule has 1 aromatic carbocycles. The molecular weight excluding hydrogens is 284 g/mol. The second-order valence-electron chi connectivity index (χ2n) is 5.06. The average Bonchev–Trinajstić information content (AvgIpc) is 2.48. The van der Waals surface area contributed by atoms with Gasteiger partial charge in [0.15, 0.2) is 0 Å². The molecule has 0 saturated heterocycles. The summed E-state index contributed by atoms with van der Waals surface area (Å²) < 4.78 is 27.2. The van der Waals surface area contributed by atoms with Crippen LogP contribution in [0.2, 0.25) is 0 Å². The summed E-state index contributed by atoms with van der Waals surface area (Å²) in [5, 5.41) is 0. The van der Waals surface area contributed by atoms with E-state index < -0.39 is 10.0 Å². The lowest BCUT2D eigenvalue weighted by Gasteiger charge is -2.22. The molecule has 0 N–H and O–H groups in total. The Morgan fingerprint density at radius 3 is 2.38 bits per heavy atom. The molecule has 0 amide bonds. The number of nitrogens with zero attached hydrogens (tertiary/aromatic N) is 2. The summed E-state index contributed by atoms with van der Waals surface area (Å²) >= 11 is 0. The highest BCUT2D eigenvalue weighted by molar-refractivity contribution is 7.89. The van der Waals surface area contributed by atoms with Crippen LogP contribution in [0.15, 0.2) is 47.6 Å². The van der Waals surface area contributed by atoms with Gasteiger partial charge < -0.3 is 0 Å². The van der Waals surface area contributed by atoms with E-state index in [1.54, 1.807) is 18.5 Å². The molecule has 0 bridgehead atoms. The van der Waals surface area contributed by atoms with Gasteiger partial charge in [-0.1, -0.05) is 19.1 Å². The van der Waals surface area contributed by atoms with Crippen molar-refractivity contribution < 1.29 is 8.42 Å². The minimum absolute atomic E-state index is 0.356. The molecule has 0 aliphatic carbocycles. The van der Waals surface area contributed by atoms with Crippen molar-refractivity contribution in [2.75, 3.05) is 6.54 Å². The van der Waals surface area contributed by atoms with E-state index >= 15 is 0 Å². The summed E-state index contributed by atoms with van der Waals surface area (Å²) in [6.45, 7) is 6.36. The monoisotopic (exact) mass is 304 g/mol. The van der Waals surface area contributed by atoms with Gasteiger partial charge in [0.2, 0.25) is 10.0 Å². The lowest BCUT2D eigenvalue weighted by Crippen LogP contribution is -2.31. The normalized spacial score (nSPS) is 11.8. The van der Waals surface area contributed by atoms with Gasteiger partial charge in [0, 0.05) is 25.5 Å². The Bertz CT molecular complexity index is 712. The Morgan fingerprint density at radius 1 is 1.10 bits per heavy atom. The minimum Gasteiger partial charge on any atom is -0.265 e. The smallest absolute Gasteiger partial charge is 0.243 e. The molecule has 0 aliphatic rings. The maximum Gasteiger partial charge on any atom is 0.243 e. The van der Waals surface area contributed by atoms with E-state index in [0.29, 0.717) is 18.0 Å². The quantitative estimate of drug-likeness (QED) is 0.853. The van der Waals surface area contributed by atoms with Crippen LogP contribution in [-0.4, -0.2) is 24.3 Å². The number of rotatable bonds is 5. The molecule has 1 aromatic heterocycles. The van der Waals surface area contributed by atoms with Crippen molar-refractivity contribution in [3.05, 3.63) is 59.4 Å². The fraction of sp³-hybridized carbons (Fsp3) is 0.312. The summed E-state index contributed by atoms with van der Waals surface area (Å²) in [6.07, 6.45) is 3.35. The first-order chi connectivity index (χ1) is 9.95. The van der Waals surface area contributed by atoms with Gasteiger partial charge >= 0.3 is 0 Å². The SMILES string of the molecule is CCN(Cc1ccncc1)S(=O)(=O)c1cc(C)ccc1C. The van der Waals surface area contributed by atoms with Crippen molar-refractivity contribution in [1.82, 2.24) is 9.29 Å². The van der Waals surface area contributed by atoms with Crippen molar-refractivity contribution in [2.45, 2.75) is 32.2 Å². The number of pyridine rings is 1. The molecule has 4 nitrogen and oxygen atoms in total. The fourth-order valence-corrected chi connectivity index (χ4v) is 3.93. The van der Waals surface area contributed by atoms with E-state index in [9.17, 15) is 8.42 Å². The predicted octanol–water partition coefficient (Wildman–Crippen LogP) is 2.91. The first-order valence-corrected chi connectivity index (χ1v) is 8.35. The Labute approximate surface area is 126 Å². The van der Waals surface area contributed by atoms with Crippen molar-refractivity contribution in [2.24, 2.45) is 0 Å². The number of sulfonamides is 1. The van der Waals surface area contributed by atoms with Crippen LogP contribution in [0, 0.1) is 13.8 Å². The molecule has 21 heavy (non-hydrogen) atoms. The van der Waals surface area contributed by atoms with Crippen LogP contribution in [0.3, 0.4) is 0 Å². The van der Waals surface area contributed by atoms with E-state index in [0.717, 1.165) is 16.7 Å². The van der Waals surface area contributed by atoms with Gasteiger partial charge in [-0.25, -0.2) is 8.42 Å². The van der Waals surface area contributed by atoms with Gasteiger partial charge in [0.05, 0.1) is 4.90 Å². The Hall–Kier alpha value is -1.72. The van der Waals surface area contributed by atoms with Crippen molar-refractivity contribution in [3.8, 4) is 0 Å². The van der Waals surface area contributed by atoms with Gasteiger partial charge in [-0.2, -0.15) is 4.31 Å².